The van der Waals surface area contributed by atoms with Crippen LogP contribution in [0.15, 0.2) is 46.3 Å². The molecule has 0 aliphatic carbocycles. The number of anilines is 1. The van der Waals surface area contributed by atoms with Gasteiger partial charge in [0.05, 0.1) is 6.10 Å². The summed E-state index contributed by atoms with van der Waals surface area (Å²) < 4.78 is 27.6. The normalized spacial score (nSPS) is 11.5. The van der Waals surface area contributed by atoms with Crippen molar-refractivity contribution in [2.75, 3.05) is 5.32 Å². The number of aromatic nitrogens is 1. The number of amides is 1. The Hall–Kier alpha value is -2.65. The van der Waals surface area contributed by atoms with E-state index >= 15 is 0 Å². The van der Waals surface area contributed by atoms with Crippen molar-refractivity contribution in [3.05, 3.63) is 53.2 Å². The second-order valence-corrected chi connectivity index (χ2v) is 8.65. The molecule has 1 amide bonds. The Bertz CT molecular complexity index is 1030. The van der Waals surface area contributed by atoms with Crippen LogP contribution in [0.4, 0.5) is 5.13 Å². The van der Waals surface area contributed by atoms with Gasteiger partial charge in [-0.25, -0.2) is 4.98 Å². The molecule has 3 rings (SSSR count). The monoisotopic (exact) mass is 438 g/mol. The first-order valence-corrected chi connectivity index (χ1v) is 11.0. The largest absolute Gasteiger partial charge is 0.491 e. The molecule has 11 heteroatoms. The Morgan fingerprint density at radius 3 is 2.66 bits per heavy atom. The molecule has 0 saturated heterocycles. The minimum absolute atomic E-state index is 0.0847. The molecule has 9 nitrogen and oxygen atoms in total. The number of carbonyl (C=O) groups excluding carboxylic acids is 1. The molecule has 0 aliphatic heterocycles. The van der Waals surface area contributed by atoms with Crippen LogP contribution >= 0.6 is 18.9 Å². The van der Waals surface area contributed by atoms with Crippen molar-refractivity contribution in [2.45, 2.75) is 26.6 Å². The maximum Gasteiger partial charge on any atom is 0.391 e. The number of hydrogen-bond acceptors (Lipinski definition) is 7. The summed E-state index contributed by atoms with van der Waals surface area (Å²) in [5, 5.41) is 4.91. The Balaban J connectivity index is 1.78. The average Bonchev–Trinajstić information content (AvgIpc) is 3.30. The van der Waals surface area contributed by atoms with Crippen LogP contribution in [-0.4, -0.2) is 26.8 Å². The van der Waals surface area contributed by atoms with E-state index < -0.39 is 13.1 Å². The third-order valence-corrected chi connectivity index (χ3v) is 4.99. The van der Waals surface area contributed by atoms with Gasteiger partial charge in [-0.05, 0) is 38.1 Å². The van der Waals surface area contributed by atoms with E-state index in [-0.39, 0.29) is 24.4 Å². The van der Waals surface area contributed by atoms with Gasteiger partial charge in [0, 0.05) is 23.2 Å². The summed E-state index contributed by atoms with van der Waals surface area (Å²) in [7, 11) is -4.47. The van der Waals surface area contributed by atoms with Crippen molar-refractivity contribution in [3.8, 4) is 11.5 Å². The number of benzene rings is 1. The number of hydrogen-bond donors (Lipinski definition) is 3. The predicted octanol–water partition coefficient (Wildman–Crippen LogP) is 3.16. The van der Waals surface area contributed by atoms with Crippen LogP contribution in [0.3, 0.4) is 0 Å². The lowest BCUT2D eigenvalue weighted by Crippen LogP contribution is -2.13. The predicted molar refractivity (Wildman–Crippen MR) is 107 cm³/mol. The number of ether oxygens (including phenoxy) is 2. The smallest absolute Gasteiger partial charge is 0.391 e. The molecule has 0 radical (unpaired) electrons. The van der Waals surface area contributed by atoms with E-state index in [4.69, 9.17) is 23.7 Å². The fraction of sp³-hybridized carbons (Fsp3) is 0.222. The Kier molecular flexibility index (Phi) is 6.39. The van der Waals surface area contributed by atoms with E-state index in [2.05, 4.69) is 10.3 Å². The maximum absolute atomic E-state index is 12.5. The zero-order valence-corrected chi connectivity index (χ0v) is 17.3. The first kappa shape index (κ1) is 21.1. The van der Waals surface area contributed by atoms with Crippen molar-refractivity contribution in [3.63, 3.8) is 0 Å². The van der Waals surface area contributed by atoms with Crippen molar-refractivity contribution >= 4 is 35.5 Å². The highest BCUT2D eigenvalue weighted by molar-refractivity contribution is 7.59. The quantitative estimate of drug-likeness (QED) is 0.457. The summed E-state index contributed by atoms with van der Waals surface area (Å²) in [5.41, 5.74) is -0.125. The molecular weight excluding hydrogens is 419 g/mol. The summed E-state index contributed by atoms with van der Waals surface area (Å²) in [5.74, 6) is 0.631. The zero-order valence-electron chi connectivity index (χ0n) is 15.6. The fourth-order valence-corrected chi connectivity index (χ4v) is 3.36. The van der Waals surface area contributed by atoms with E-state index in [0.29, 0.717) is 22.2 Å². The van der Waals surface area contributed by atoms with Crippen LogP contribution in [0.25, 0.3) is 0 Å². The number of furan rings is 1. The second-order valence-electron chi connectivity index (χ2n) is 6.22. The summed E-state index contributed by atoms with van der Waals surface area (Å²) in [6.45, 7) is 3.63. The molecule has 0 spiro atoms. The van der Waals surface area contributed by atoms with Gasteiger partial charge < -0.3 is 23.7 Å². The molecule has 0 aliphatic rings. The van der Waals surface area contributed by atoms with Crippen LogP contribution in [0.2, 0.25) is 0 Å². The van der Waals surface area contributed by atoms with Gasteiger partial charge in [0.15, 0.2) is 5.13 Å². The van der Waals surface area contributed by atoms with E-state index in [1.165, 1.54) is 29.5 Å². The molecule has 2 heterocycles. The molecule has 3 N–H and O–H groups in total. The topological polar surface area (TPSA) is 131 Å². The van der Waals surface area contributed by atoms with Gasteiger partial charge >= 0.3 is 7.60 Å². The highest BCUT2D eigenvalue weighted by Crippen LogP contribution is 2.34. The third kappa shape index (κ3) is 5.91. The van der Waals surface area contributed by atoms with Crippen molar-refractivity contribution in [1.82, 2.24) is 4.98 Å². The first-order valence-electron chi connectivity index (χ1n) is 8.51. The molecule has 0 atom stereocenters. The molecule has 0 saturated carbocycles. The molecular formula is C18H19N2O7PS. The first-order chi connectivity index (χ1) is 13.7. The van der Waals surface area contributed by atoms with Gasteiger partial charge in [-0.2, -0.15) is 0 Å². The lowest BCUT2D eigenvalue weighted by Gasteiger charge is -2.13. The molecule has 0 fully saturated rings. The summed E-state index contributed by atoms with van der Waals surface area (Å²) >= 11 is 1.30. The number of nitrogens with zero attached hydrogens (tertiary/aromatic N) is 1. The molecule has 3 aromatic rings. The number of thiazole rings is 1. The van der Waals surface area contributed by atoms with E-state index in [1.54, 1.807) is 23.7 Å². The summed E-state index contributed by atoms with van der Waals surface area (Å²) in [6.07, 6.45) is 1.47. The fourth-order valence-electron chi connectivity index (χ4n) is 2.34. The van der Waals surface area contributed by atoms with Crippen LogP contribution in [0, 0.1) is 0 Å². The van der Waals surface area contributed by atoms with Gasteiger partial charge in [-0.3, -0.25) is 14.7 Å². The minimum Gasteiger partial charge on any atom is -0.491 e. The second kappa shape index (κ2) is 8.79. The third-order valence-electron chi connectivity index (χ3n) is 3.48. The van der Waals surface area contributed by atoms with Crippen LogP contribution < -0.4 is 20.3 Å². The standard InChI is InChI=1S/C18H19N2O7PS/c1-11(2)26-15-8-12(17(21)20-18-19-5-6-29-18)7-14(9-15)25-10-13-3-4-16(27-13)28(22,23)24/h3-9,11H,10H2,1-2H3,(H,19,20,21)(H2,22,23,24). The lowest BCUT2D eigenvalue weighted by molar-refractivity contribution is 0.102. The minimum atomic E-state index is -4.47. The SMILES string of the molecule is CC(C)Oc1cc(OCc2ccc(P(=O)(O)O)o2)cc(C(=O)Nc2nccs2)c1. The zero-order chi connectivity index (χ0) is 21.0. The van der Waals surface area contributed by atoms with Gasteiger partial charge in [0.1, 0.15) is 23.9 Å². The van der Waals surface area contributed by atoms with Crippen molar-refractivity contribution in [1.29, 1.82) is 0 Å². The Labute approximate surface area is 170 Å². The molecule has 154 valence electrons. The van der Waals surface area contributed by atoms with Crippen molar-refractivity contribution in [2.24, 2.45) is 0 Å². The van der Waals surface area contributed by atoms with Crippen molar-refractivity contribution < 1.29 is 33.0 Å². The summed E-state index contributed by atoms with van der Waals surface area (Å²) in [4.78, 5) is 34.8. The van der Waals surface area contributed by atoms with E-state index in [9.17, 15) is 9.36 Å². The van der Waals surface area contributed by atoms with Gasteiger partial charge in [-0.15, -0.1) is 11.3 Å². The highest BCUT2D eigenvalue weighted by atomic mass is 32.1. The molecule has 2 aromatic heterocycles. The average molecular weight is 438 g/mol. The number of carbonyl (C=O) groups is 1. The van der Waals surface area contributed by atoms with Gasteiger partial charge in [-0.1, -0.05) is 0 Å². The molecule has 0 bridgehead atoms. The Morgan fingerprint density at radius 2 is 2.03 bits per heavy atom. The Morgan fingerprint density at radius 1 is 1.28 bits per heavy atom. The van der Waals surface area contributed by atoms with Crippen LogP contribution in [0.1, 0.15) is 30.0 Å². The molecule has 29 heavy (non-hydrogen) atoms. The highest BCUT2D eigenvalue weighted by Gasteiger charge is 2.22. The molecule has 1 aromatic carbocycles. The van der Waals surface area contributed by atoms with E-state index in [0.717, 1.165) is 0 Å². The van der Waals surface area contributed by atoms with Crippen LogP contribution in [-0.2, 0) is 11.2 Å². The summed E-state index contributed by atoms with van der Waals surface area (Å²) in [6, 6.07) is 7.36. The van der Waals surface area contributed by atoms with Crippen LogP contribution in [0.5, 0.6) is 11.5 Å². The number of nitrogens with one attached hydrogen (secondary N) is 1. The van der Waals surface area contributed by atoms with Gasteiger partial charge in [0.2, 0.25) is 5.50 Å². The van der Waals surface area contributed by atoms with Gasteiger partial charge in [0.25, 0.3) is 5.91 Å². The lowest BCUT2D eigenvalue weighted by atomic mass is 10.2. The molecule has 0 unspecified atom stereocenters. The van der Waals surface area contributed by atoms with E-state index in [1.807, 2.05) is 13.8 Å². The number of rotatable bonds is 8. The maximum atomic E-state index is 12.5.